The van der Waals surface area contributed by atoms with Crippen LogP contribution < -0.4 is 5.32 Å². The fourth-order valence-electron chi connectivity index (χ4n) is 3.24. The first kappa shape index (κ1) is 18.1. The SMILES string of the molecule is O=C(Cc1ccc([N+](=O)[O-])cc1)NCc1ccccc1CN1CCCC1. The van der Waals surface area contributed by atoms with Crippen LogP contribution >= 0.6 is 0 Å². The van der Waals surface area contributed by atoms with E-state index < -0.39 is 4.92 Å². The van der Waals surface area contributed by atoms with Crippen LogP contribution in [0.3, 0.4) is 0 Å². The lowest BCUT2D eigenvalue weighted by Crippen LogP contribution is -2.26. The maximum Gasteiger partial charge on any atom is 0.269 e. The molecule has 1 saturated heterocycles. The zero-order chi connectivity index (χ0) is 18.4. The molecule has 0 aromatic heterocycles. The molecule has 0 unspecified atom stereocenters. The highest BCUT2D eigenvalue weighted by Gasteiger charge is 2.14. The van der Waals surface area contributed by atoms with Crippen molar-refractivity contribution in [2.24, 2.45) is 0 Å². The summed E-state index contributed by atoms with van der Waals surface area (Å²) in [5.74, 6) is -0.0881. The molecule has 0 radical (unpaired) electrons. The van der Waals surface area contributed by atoms with Crippen LogP contribution in [-0.2, 0) is 24.3 Å². The Bertz CT molecular complexity index is 768. The molecule has 0 aliphatic carbocycles. The van der Waals surface area contributed by atoms with Crippen molar-refractivity contribution >= 4 is 11.6 Å². The van der Waals surface area contributed by atoms with Crippen molar-refractivity contribution in [1.82, 2.24) is 10.2 Å². The van der Waals surface area contributed by atoms with Crippen LogP contribution in [0.25, 0.3) is 0 Å². The molecule has 1 N–H and O–H groups in total. The predicted octanol–water partition coefficient (Wildman–Crippen LogP) is 3.05. The van der Waals surface area contributed by atoms with Crippen molar-refractivity contribution in [2.45, 2.75) is 32.4 Å². The Morgan fingerprint density at radius 3 is 2.35 bits per heavy atom. The molecule has 0 saturated carbocycles. The minimum absolute atomic E-state index is 0.0324. The van der Waals surface area contributed by atoms with Crippen molar-refractivity contribution in [3.63, 3.8) is 0 Å². The van der Waals surface area contributed by atoms with E-state index in [9.17, 15) is 14.9 Å². The highest BCUT2D eigenvalue weighted by Crippen LogP contribution is 2.16. The maximum atomic E-state index is 12.2. The molecule has 6 heteroatoms. The van der Waals surface area contributed by atoms with Crippen molar-refractivity contribution in [3.05, 3.63) is 75.3 Å². The van der Waals surface area contributed by atoms with Gasteiger partial charge in [0.1, 0.15) is 0 Å². The van der Waals surface area contributed by atoms with Gasteiger partial charge >= 0.3 is 0 Å². The summed E-state index contributed by atoms with van der Waals surface area (Å²) in [4.78, 5) is 24.9. The van der Waals surface area contributed by atoms with Crippen LogP contribution in [0.15, 0.2) is 48.5 Å². The minimum atomic E-state index is -0.443. The molecule has 6 nitrogen and oxygen atoms in total. The third-order valence-corrected chi connectivity index (χ3v) is 4.70. The van der Waals surface area contributed by atoms with Crippen molar-refractivity contribution in [3.8, 4) is 0 Å². The number of amides is 1. The molecule has 1 fully saturated rings. The van der Waals surface area contributed by atoms with Crippen LogP contribution in [-0.4, -0.2) is 28.8 Å². The van der Waals surface area contributed by atoms with Gasteiger partial charge in [-0.25, -0.2) is 0 Å². The number of non-ortho nitro benzene ring substituents is 1. The zero-order valence-electron chi connectivity index (χ0n) is 14.7. The Labute approximate surface area is 153 Å². The highest BCUT2D eigenvalue weighted by molar-refractivity contribution is 5.78. The number of nitrogens with one attached hydrogen (secondary N) is 1. The average molecular weight is 353 g/mol. The van der Waals surface area contributed by atoms with Gasteiger partial charge in [0, 0.05) is 25.2 Å². The second kappa shape index (κ2) is 8.58. The lowest BCUT2D eigenvalue weighted by atomic mass is 10.1. The van der Waals surface area contributed by atoms with Crippen molar-refractivity contribution < 1.29 is 9.72 Å². The van der Waals surface area contributed by atoms with E-state index in [1.54, 1.807) is 12.1 Å². The molecule has 0 bridgehead atoms. The third-order valence-electron chi connectivity index (χ3n) is 4.70. The van der Waals surface area contributed by atoms with Crippen LogP contribution in [0, 0.1) is 10.1 Å². The second-order valence-corrected chi connectivity index (χ2v) is 6.63. The van der Waals surface area contributed by atoms with E-state index in [1.807, 2.05) is 12.1 Å². The number of hydrogen-bond acceptors (Lipinski definition) is 4. The summed E-state index contributed by atoms with van der Waals surface area (Å²) in [7, 11) is 0. The predicted molar refractivity (Wildman–Crippen MR) is 99.6 cm³/mol. The Kier molecular flexibility index (Phi) is 5.96. The molecule has 136 valence electrons. The van der Waals surface area contributed by atoms with Gasteiger partial charge in [-0.05, 0) is 42.6 Å². The number of rotatable bonds is 7. The van der Waals surface area contributed by atoms with E-state index in [2.05, 4.69) is 22.3 Å². The summed E-state index contributed by atoms with van der Waals surface area (Å²) < 4.78 is 0. The number of nitro benzene ring substituents is 1. The zero-order valence-corrected chi connectivity index (χ0v) is 14.7. The van der Waals surface area contributed by atoms with Gasteiger partial charge in [-0.1, -0.05) is 36.4 Å². The van der Waals surface area contributed by atoms with E-state index >= 15 is 0 Å². The van der Waals surface area contributed by atoms with E-state index in [4.69, 9.17) is 0 Å². The molecular weight excluding hydrogens is 330 g/mol. The standard InChI is InChI=1S/C20H23N3O3/c24-20(13-16-7-9-19(10-8-16)23(25)26)21-14-17-5-1-2-6-18(17)15-22-11-3-4-12-22/h1-2,5-10H,3-4,11-15H2,(H,21,24). The molecule has 3 rings (SSSR count). The highest BCUT2D eigenvalue weighted by atomic mass is 16.6. The van der Waals surface area contributed by atoms with Gasteiger partial charge in [-0.3, -0.25) is 19.8 Å². The van der Waals surface area contributed by atoms with Gasteiger partial charge < -0.3 is 5.32 Å². The summed E-state index contributed by atoms with van der Waals surface area (Å²) in [5.41, 5.74) is 3.19. The van der Waals surface area contributed by atoms with Gasteiger partial charge in [-0.15, -0.1) is 0 Å². The van der Waals surface area contributed by atoms with E-state index in [0.717, 1.165) is 30.8 Å². The molecule has 0 spiro atoms. The lowest BCUT2D eigenvalue weighted by Gasteiger charge is -2.17. The number of nitro groups is 1. The fourth-order valence-corrected chi connectivity index (χ4v) is 3.24. The monoisotopic (exact) mass is 353 g/mol. The molecule has 1 aliphatic heterocycles. The number of carbonyl (C=O) groups excluding carboxylic acids is 1. The second-order valence-electron chi connectivity index (χ2n) is 6.63. The van der Waals surface area contributed by atoms with Crippen LogP contribution in [0.2, 0.25) is 0 Å². The van der Waals surface area contributed by atoms with Crippen LogP contribution in [0.5, 0.6) is 0 Å². The normalized spacial score (nSPS) is 14.3. The molecule has 2 aromatic carbocycles. The Balaban J connectivity index is 1.55. The van der Waals surface area contributed by atoms with Gasteiger partial charge in [0.2, 0.25) is 5.91 Å². The van der Waals surface area contributed by atoms with Crippen LogP contribution in [0.1, 0.15) is 29.5 Å². The van der Waals surface area contributed by atoms with E-state index in [0.29, 0.717) is 6.54 Å². The fraction of sp³-hybridized carbons (Fsp3) is 0.350. The molecule has 0 atom stereocenters. The van der Waals surface area contributed by atoms with Crippen molar-refractivity contribution in [1.29, 1.82) is 0 Å². The molecule has 1 amide bonds. The number of nitrogens with zero attached hydrogens (tertiary/aromatic N) is 2. The van der Waals surface area contributed by atoms with Gasteiger partial charge in [0.05, 0.1) is 11.3 Å². The Hall–Kier alpha value is -2.73. The number of benzene rings is 2. The molecular formula is C20H23N3O3. The smallest absolute Gasteiger partial charge is 0.269 e. The first-order chi connectivity index (χ1) is 12.6. The summed E-state index contributed by atoms with van der Waals surface area (Å²) in [6.07, 6.45) is 2.73. The Morgan fingerprint density at radius 2 is 1.69 bits per heavy atom. The molecule has 1 aliphatic rings. The summed E-state index contributed by atoms with van der Waals surface area (Å²) >= 11 is 0. The average Bonchev–Trinajstić information content (AvgIpc) is 3.14. The van der Waals surface area contributed by atoms with Gasteiger partial charge in [0.25, 0.3) is 5.69 Å². The quantitative estimate of drug-likeness (QED) is 0.613. The number of likely N-dealkylation sites (tertiary alicyclic amines) is 1. The lowest BCUT2D eigenvalue weighted by molar-refractivity contribution is -0.384. The first-order valence-electron chi connectivity index (χ1n) is 8.91. The molecule has 1 heterocycles. The summed E-state index contributed by atoms with van der Waals surface area (Å²) in [6, 6.07) is 14.3. The number of hydrogen-bond donors (Lipinski definition) is 1. The van der Waals surface area contributed by atoms with Crippen LogP contribution in [0.4, 0.5) is 5.69 Å². The van der Waals surface area contributed by atoms with Crippen molar-refractivity contribution in [2.75, 3.05) is 13.1 Å². The number of carbonyl (C=O) groups is 1. The molecule has 2 aromatic rings. The largest absolute Gasteiger partial charge is 0.352 e. The van der Waals surface area contributed by atoms with E-state index in [1.165, 1.54) is 30.5 Å². The van der Waals surface area contributed by atoms with E-state index in [-0.39, 0.29) is 18.0 Å². The first-order valence-corrected chi connectivity index (χ1v) is 8.91. The topological polar surface area (TPSA) is 75.5 Å². The summed E-state index contributed by atoms with van der Waals surface area (Å²) in [5, 5.41) is 13.6. The minimum Gasteiger partial charge on any atom is -0.352 e. The summed E-state index contributed by atoms with van der Waals surface area (Å²) in [6.45, 7) is 3.70. The third kappa shape index (κ3) is 4.89. The van der Waals surface area contributed by atoms with Gasteiger partial charge in [-0.2, -0.15) is 0 Å². The van der Waals surface area contributed by atoms with Gasteiger partial charge in [0.15, 0.2) is 0 Å². The Morgan fingerprint density at radius 1 is 1.04 bits per heavy atom. The maximum absolute atomic E-state index is 12.2. The molecule has 26 heavy (non-hydrogen) atoms.